The van der Waals surface area contributed by atoms with Crippen molar-refractivity contribution in [3.8, 4) is 0 Å². The standard InChI is InChI=1S/C21H33N5/c1-6-22-20(23-13-10-14-26-18(3)15-17(2)25-26)24-16-21(4,5)19-11-8-7-9-12-19/h7-9,11-12,15H,6,10,13-14,16H2,1-5H3,(H2,22,23,24). The largest absolute Gasteiger partial charge is 0.357 e. The van der Waals surface area contributed by atoms with Gasteiger partial charge in [-0.25, -0.2) is 0 Å². The second kappa shape index (κ2) is 9.41. The van der Waals surface area contributed by atoms with Gasteiger partial charge in [-0.1, -0.05) is 44.2 Å². The molecule has 0 amide bonds. The molecule has 2 rings (SSSR count). The number of nitrogens with one attached hydrogen (secondary N) is 2. The molecule has 0 saturated heterocycles. The normalized spacial score (nSPS) is 12.3. The molecule has 1 aromatic carbocycles. The molecule has 142 valence electrons. The minimum absolute atomic E-state index is 0.00725. The lowest BCUT2D eigenvalue weighted by Gasteiger charge is -2.24. The molecular formula is C21H33N5. The van der Waals surface area contributed by atoms with Crippen molar-refractivity contribution >= 4 is 5.96 Å². The van der Waals surface area contributed by atoms with Crippen LogP contribution < -0.4 is 10.6 Å². The fourth-order valence-corrected chi connectivity index (χ4v) is 2.94. The number of benzene rings is 1. The molecule has 0 fully saturated rings. The Hall–Kier alpha value is -2.30. The number of hydrogen-bond acceptors (Lipinski definition) is 2. The zero-order valence-electron chi connectivity index (χ0n) is 16.8. The van der Waals surface area contributed by atoms with Crippen molar-refractivity contribution in [2.45, 2.75) is 53.0 Å². The Morgan fingerprint density at radius 1 is 1.15 bits per heavy atom. The number of hydrogen-bond donors (Lipinski definition) is 2. The molecule has 5 nitrogen and oxygen atoms in total. The average Bonchev–Trinajstić information content (AvgIpc) is 2.94. The van der Waals surface area contributed by atoms with Gasteiger partial charge in [0, 0.05) is 30.7 Å². The number of aliphatic imine (C=N–C) groups is 1. The van der Waals surface area contributed by atoms with Crippen LogP contribution in [-0.2, 0) is 12.0 Å². The van der Waals surface area contributed by atoms with Gasteiger partial charge in [-0.15, -0.1) is 0 Å². The Kier molecular flexibility index (Phi) is 7.25. The molecule has 0 aliphatic rings. The molecule has 2 aromatic rings. The average molecular weight is 356 g/mol. The summed E-state index contributed by atoms with van der Waals surface area (Å²) >= 11 is 0. The van der Waals surface area contributed by atoms with Crippen molar-refractivity contribution in [2.24, 2.45) is 4.99 Å². The van der Waals surface area contributed by atoms with Crippen molar-refractivity contribution in [1.82, 2.24) is 20.4 Å². The van der Waals surface area contributed by atoms with Crippen molar-refractivity contribution in [1.29, 1.82) is 0 Å². The highest BCUT2D eigenvalue weighted by molar-refractivity contribution is 5.79. The number of rotatable bonds is 8. The van der Waals surface area contributed by atoms with E-state index in [4.69, 9.17) is 4.99 Å². The second-order valence-electron chi connectivity index (χ2n) is 7.38. The zero-order valence-corrected chi connectivity index (χ0v) is 16.8. The smallest absolute Gasteiger partial charge is 0.191 e. The fraction of sp³-hybridized carbons (Fsp3) is 0.524. The Morgan fingerprint density at radius 3 is 2.50 bits per heavy atom. The third kappa shape index (κ3) is 5.90. The summed E-state index contributed by atoms with van der Waals surface area (Å²) in [6.07, 6.45) is 1.01. The van der Waals surface area contributed by atoms with Crippen LogP contribution in [0.4, 0.5) is 0 Å². The Morgan fingerprint density at radius 2 is 1.88 bits per heavy atom. The summed E-state index contributed by atoms with van der Waals surface area (Å²) in [7, 11) is 0. The first kappa shape index (κ1) is 20.0. The van der Waals surface area contributed by atoms with E-state index >= 15 is 0 Å². The molecule has 0 radical (unpaired) electrons. The predicted octanol–water partition coefficient (Wildman–Crippen LogP) is 3.42. The molecule has 0 aliphatic heterocycles. The maximum absolute atomic E-state index is 4.80. The summed E-state index contributed by atoms with van der Waals surface area (Å²) in [6, 6.07) is 12.7. The third-order valence-corrected chi connectivity index (χ3v) is 4.47. The van der Waals surface area contributed by atoms with Crippen molar-refractivity contribution in [3.05, 3.63) is 53.3 Å². The number of nitrogens with zero attached hydrogens (tertiary/aromatic N) is 3. The molecule has 0 unspecified atom stereocenters. The lowest BCUT2D eigenvalue weighted by molar-refractivity contribution is 0.533. The lowest BCUT2D eigenvalue weighted by atomic mass is 9.85. The number of guanidine groups is 1. The van der Waals surface area contributed by atoms with Gasteiger partial charge in [0.15, 0.2) is 5.96 Å². The molecule has 5 heteroatoms. The van der Waals surface area contributed by atoms with Gasteiger partial charge in [0.2, 0.25) is 0 Å². The van der Waals surface area contributed by atoms with Gasteiger partial charge in [0.1, 0.15) is 0 Å². The van der Waals surface area contributed by atoms with E-state index in [0.717, 1.165) is 44.3 Å². The molecule has 0 spiro atoms. The Bertz CT molecular complexity index is 700. The predicted molar refractivity (Wildman–Crippen MR) is 110 cm³/mol. The molecule has 0 atom stereocenters. The van der Waals surface area contributed by atoms with E-state index in [-0.39, 0.29) is 5.41 Å². The maximum atomic E-state index is 4.80. The van der Waals surface area contributed by atoms with Gasteiger partial charge in [0.25, 0.3) is 0 Å². The summed E-state index contributed by atoms with van der Waals surface area (Å²) < 4.78 is 2.07. The monoisotopic (exact) mass is 355 g/mol. The van der Waals surface area contributed by atoms with Crippen molar-refractivity contribution in [2.75, 3.05) is 19.6 Å². The number of aryl methyl sites for hydroxylation is 3. The van der Waals surface area contributed by atoms with E-state index in [1.165, 1.54) is 11.3 Å². The van der Waals surface area contributed by atoms with E-state index in [2.05, 4.69) is 84.5 Å². The number of aromatic nitrogens is 2. The molecule has 0 saturated carbocycles. The Balaban J connectivity index is 1.87. The highest BCUT2D eigenvalue weighted by atomic mass is 15.3. The highest BCUT2D eigenvalue weighted by Gasteiger charge is 2.19. The molecule has 0 bridgehead atoms. The minimum atomic E-state index is 0.00725. The van der Waals surface area contributed by atoms with Crippen LogP contribution in [0, 0.1) is 13.8 Å². The van der Waals surface area contributed by atoms with Crippen LogP contribution in [0.15, 0.2) is 41.4 Å². The minimum Gasteiger partial charge on any atom is -0.357 e. The van der Waals surface area contributed by atoms with E-state index in [0.29, 0.717) is 0 Å². The van der Waals surface area contributed by atoms with Crippen LogP contribution >= 0.6 is 0 Å². The summed E-state index contributed by atoms with van der Waals surface area (Å²) in [5, 5.41) is 11.3. The van der Waals surface area contributed by atoms with Crippen LogP contribution in [0.25, 0.3) is 0 Å². The van der Waals surface area contributed by atoms with Crippen LogP contribution in [0.5, 0.6) is 0 Å². The Labute approximate surface area is 157 Å². The van der Waals surface area contributed by atoms with E-state index < -0.39 is 0 Å². The summed E-state index contributed by atoms with van der Waals surface area (Å²) in [6.45, 7) is 14.1. The molecule has 2 N–H and O–H groups in total. The highest BCUT2D eigenvalue weighted by Crippen LogP contribution is 2.22. The third-order valence-electron chi connectivity index (χ3n) is 4.47. The molecular weight excluding hydrogens is 322 g/mol. The topological polar surface area (TPSA) is 54.2 Å². The van der Waals surface area contributed by atoms with Gasteiger partial charge >= 0.3 is 0 Å². The molecule has 0 aliphatic carbocycles. The molecule has 1 heterocycles. The van der Waals surface area contributed by atoms with Crippen LogP contribution in [-0.4, -0.2) is 35.4 Å². The van der Waals surface area contributed by atoms with Gasteiger partial charge in [-0.3, -0.25) is 9.67 Å². The van der Waals surface area contributed by atoms with Gasteiger partial charge in [-0.05, 0) is 38.8 Å². The second-order valence-corrected chi connectivity index (χ2v) is 7.38. The van der Waals surface area contributed by atoms with Crippen molar-refractivity contribution in [3.63, 3.8) is 0 Å². The van der Waals surface area contributed by atoms with Gasteiger partial charge < -0.3 is 10.6 Å². The first-order valence-electron chi connectivity index (χ1n) is 9.51. The SMILES string of the molecule is CCNC(=NCC(C)(C)c1ccccc1)NCCCn1nc(C)cc1C. The summed E-state index contributed by atoms with van der Waals surface area (Å²) in [5.74, 6) is 0.880. The summed E-state index contributed by atoms with van der Waals surface area (Å²) in [5.41, 5.74) is 3.61. The fourth-order valence-electron chi connectivity index (χ4n) is 2.94. The molecule has 1 aromatic heterocycles. The maximum Gasteiger partial charge on any atom is 0.191 e. The summed E-state index contributed by atoms with van der Waals surface area (Å²) in [4.78, 5) is 4.80. The van der Waals surface area contributed by atoms with Crippen LogP contribution in [0.3, 0.4) is 0 Å². The van der Waals surface area contributed by atoms with E-state index in [1.807, 2.05) is 6.92 Å². The first-order chi connectivity index (χ1) is 12.4. The lowest BCUT2D eigenvalue weighted by Crippen LogP contribution is -2.39. The van der Waals surface area contributed by atoms with Gasteiger partial charge in [-0.2, -0.15) is 5.10 Å². The zero-order chi connectivity index (χ0) is 19.0. The van der Waals surface area contributed by atoms with E-state index in [9.17, 15) is 0 Å². The van der Waals surface area contributed by atoms with Crippen molar-refractivity contribution < 1.29 is 0 Å². The quantitative estimate of drug-likeness (QED) is 0.433. The van der Waals surface area contributed by atoms with Crippen LogP contribution in [0.1, 0.15) is 44.1 Å². The van der Waals surface area contributed by atoms with E-state index in [1.54, 1.807) is 0 Å². The van der Waals surface area contributed by atoms with Crippen LogP contribution in [0.2, 0.25) is 0 Å². The first-order valence-corrected chi connectivity index (χ1v) is 9.51. The molecule has 26 heavy (non-hydrogen) atoms. The van der Waals surface area contributed by atoms with Gasteiger partial charge in [0.05, 0.1) is 12.2 Å².